The largest absolute Gasteiger partial charge is 0.378 e. The van der Waals surface area contributed by atoms with E-state index in [4.69, 9.17) is 4.74 Å². The lowest BCUT2D eigenvalue weighted by Crippen LogP contribution is -2.39. The molecular formula is C24H35N5O. The van der Waals surface area contributed by atoms with E-state index >= 15 is 0 Å². The molecule has 0 spiro atoms. The standard InChI is InChI=1S/C24H35N5O/c1-25-24(28-16-11-22-10-5-6-14-26-22)27-15-7-19-30-23-12-17-29(18-13-23)20-21-8-3-2-4-9-21/h2-6,8-10,14,23H,7,11-13,15-20H2,1H3,(H2,25,27,28). The maximum absolute atomic E-state index is 6.10. The predicted molar refractivity (Wildman–Crippen MR) is 123 cm³/mol. The Morgan fingerprint density at radius 2 is 1.83 bits per heavy atom. The normalized spacial score (nSPS) is 15.8. The van der Waals surface area contributed by atoms with Gasteiger partial charge >= 0.3 is 0 Å². The Balaban J connectivity index is 1.21. The van der Waals surface area contributed by atoms with Crippen LogP contribution in [0.15, 0.2) is 59.7 Å². The van der Waals surface area contributed by atoms with Gasteiger partial charge in [0.15, 0.2) is 5.96 Å². The zero-order valence-corrected chi connectivity index (χ0v) is 18.1. The summed E-state index contributed by atoms with van der Waals surface area (Å²) in [6, 6.07) is 16.7. The predicted octanol–water partition coefficient (Wildman–Crippen LogP) is 2.86. The van der Waals surface area contributed by atoms with Crippen LogP contribution in [0.3, 0.4) is 0 Å². The van der Waals surface area contributed by atoms with Crippen molar-refractivity contribution < 1.29 is 4.74 Å². The van der Waals surface area contributed by atoms with Gasteiger partial charge in [0.25, 0.3) is 0 Å². The van der Waals surface area contributed by atoms with E-state index in [0.717, 1.165) is 76.7 Å². The van der Waals surface area contributed by atoms with Crippen molar-refractivity contribution in [3.8, 4) is 0 Å². The number of guanidine groups is 1. The first-order chi connectivity index (χ1) is 14.8. The highest BCUT2D eigenvalue weighted by molar-refractivity contribution is 5.79. The van der Waals surface area contributed by atoms with Gasteiger partial charge in [0.2, 0.25) is 0 Å². The smallest absolute Gasteiger partial charge is 0.190 e. The van der Waals surface area contributed by atoms with E-state index < -0.39 is 0 Å². The third-order valence-corrected chi connectivity index (χ3v) is 5.37. The van der Waals surface area contributed by atoms with Gasteiger partial charge in [-0.25, -0.2) is 0 Å². The summed E-state index contributed by atoms with van der Waals surface area (Å²) in [6.07, 6.45) is 6.33. The van der Waals surface area contributed by atoms with Gasteiger partial charge in [-0.1, -0.05) is 36.4 Å². The number of benzene rings is 1. The highest BCUT2D eigenvalue weighted by Gasteiger charge is 2.19. The third-order valence-electron chi connectivity index (χ3n) is 5.37. The first kappa shape index (κ1) is 22.2. The molecule has 30 heavy (non-hydrogen) atoms. The fraction of sp³-hybridized carbons (Fsp3) is 0.500. The van der Waals surface area contributed by atoms with Crippen molar-refractivity contribution in [2.45, 2.75) is 38.3 Å². The summed E-state index contributed by atoms with van der Waals surface area (Å²) >= 11 is 0. The number of ether oxygens (including phenoxy) is 1. The van der Waals surface area contributed by atoms with E-state index in [1.165, 1.54) is 5.56 Å². The Labute approximate surface area is 180 Å². The van der Waals surface area contributed by atoms with E-state index in [2.05, 4.69) is 55.8 Å². The topological polar surface area (TPSA) is 61.8 Å². The monoisotopic (exact) mass is 409 g/mol. The number of hydrogen-bond acceptors (Lipinski definition) is 4. The molecule has 3 rings (SSSR count). The molecular weight excluding hydrogens is 374 g/mol. The minimum Gasteiger partial charge on any atom is -0.378 e. The van der Waals surface area contributed by atoms with Crippen LogP contribution in [0.5, 0.6) is 0 Å². The summed E-state index contributed by atoms with van der Waals surface area (Å²) in [7, 11) is 1.80. The zero-order chi connectivity index (χ0) is 20.9. The summed E-state index contributed by atoms with van der Waals surface area (Å²) in [6.45, 7) is 5.74. The molecule has 0 aliphatic carbocycles. The number of aromatic nitrogens is 1. The van der Waals surface area contributed by atoms with Gasteiger partial charge in [0.1, 0.15) is 0 Å². The highest BCUT2D eigenvalue weighted by atomic mass is 16.5. The summed E-state index contributed by atoms with van der Waals surface area (Å²) in [5.74, 6) is 0.833. The Morgan fingerprint density at radius 1 is 1.07 bits per heavy atom. The zero-order valence-electron chi connectivity index (χ0n) is 18.1. The molecule has 2 aromatic rings. The molecule has 0 unspecified atom stereocenters. The molecule has 6 nitrogen and oxygen atoms in total. The molecule has 0 saturated carbocycles. The van der Waals surface area contributed by atoms with Gasteiger partial charge < -0.3 is 15.4 Å². The Hall–Kier alpha value is -2.44. The van der Waals surface area contributed by atoms with E-state index in [1.807, 2.05) is 24.4 Å². The molecule has 2 heterocycles. The van der Waals surface area contributed by atoms with Gasteiger partial charge in [-0.3, -0.25) is 14.9 Å². The van der Waals surface area contributed by atoms with Crippen molar-refractivity contribution in [1.82, 2.24) is 20.5 Å². The lowest BCUT2D eigenvalue weighted by Gasteiger charge is -2.32. The van der Waals surface area contributed by atoms with Crippen LogP contribution in [0.25, 0.3) is 0 Å². The van der Waals surface area contributed by atoms with Crippen LogP contribution >= 0.6 is 0 Å². The molecule has 0 radical (unpaired) electrons. The number of pyridine rings is 1. The average molecular weight is 410 g/mol. The molecule has 0 atom stereocenters. The number of hydrogen-bond donors (Lipinski definition) is 2. The summed E-state index contributed by atoms with van der Waals surface area (Å²) < 4.78 is 6.10. The molecule has 1 aromatic heterocycles. The Kier molecular flexibility index (Phi) is 9.63. The van der Waals surface area contributed by atoms with Gasteiger partial charge in [0, 0.05) is 64.7 Å². The number of nitrogens with zero attached hydrogens (tertiary/aromatic N) is 3. The molecule has 2 N–H and O–H groups in total. The quantitative estimate of drug-likeness (QED) is 0.359. The fourth-order valence-electron chi connectivity index (χ4n) is 3.68. The van der Waals surface area contributed by atoms with Crippen molar-refractivity contribution in [1.29, 1.82) is 0 Å². The number of likely N-dealkylation sites (tertiary alicyclic amines) is 1. The molecule has 1 saturated heterocycles. The van der Waals surface area contributed by atoms with Crippen LogP contribution in [0.4, 0.5) is 0 Å². The van der Waals surface area contributed by atoms with E-state index in [0.29, 0.717) is 6.10 Å². The van der Waals surface area contributed by atoms with Gasteiger partial charge in [-0.15, -0.1) is 0 Å². The van der Waals surface area contributed by atoms with Crippen molar-refractivity contribution in [2.24, 2.45) is 4.99 Å². The molecule has 0 bridgehead atoms. The highest BCUT2D eigenvalue weighted by Crippen LogP contribution is 2.16. The summed E-state index contributed by atoms with van der Waals surface area (Å²) in [5.41, 5.74) is 2.48. The van der Waals surface area contributed by atoms with Crippen LogP contribution in [0.2, 0.25) is 0 Å². The second-order valence-electron chi connectivity index (χ2n) is 7.68. The lowest BCUT2D eigenvalue weighted by atomic mass is 10.1. The van der Waals surface area contributed by atoms with Gasteiger partial charge in [-0.2, -0.15) is 0 Å². The van der Waals surface area contributed by atoms with E-state index in [9.17, 15) is 0 Å². The maximum Gasteiger partial charge on any atom is 0.190 e. The minimum atomic E-state index is 0.396. The average Bonchev–Trinajstić information content (AvgIpc) is 2.80. The second-order valence-corrected chi connectivity index (χ2v) is 7.68. The van der Waals surface area contributed by atoms with Crippen LogP contribution in [0, 0.1) is 0 Å². The van der Waals surface area contributed by atoms with Crippen LogP contribution in [-0.4, -0.2) is 61.8 Å². The van der Waals surface area contributed by atoms with E-state index in [1.54, 1.807) is 7.05 Å². The number of nitrogens with one attached hydrogen (secondary N) is 2. The fourth-order valence-corrected chi connectivity index (χ4v) is 3.68. The van der Waals surface area contributed by atoms with Crippen LogP contribution < -0.4 is 10.6 Å². The maximum atomic E-state index is 6.10. The van der Waals surface area contributed by atoms with Crippen LogP contribution in [0.1, 0.15) is 30.5 Å². The first-order valence-corrected chi connectivity index (χ1v) is 11.1. The summed E-state index contributed by atoms with van der Waals surface area (Å²) in [4.78, 5) is 11.1. The SMILES string of the molecule is CN=C(NCCCOC1CCN(Cc2ccccc2)CC1)NCCc1ccccn1. The van der Waals surface area contributed by atoms with E-state index in [-0.39, 0.29) is 0 Å². The molecule has 1 fully saturated rings. The summed E-state index contributed by atoms with van der Waals surface area (Å²) in [5, 5.41) is 6.69. The molecule has 1 aliphatic rings. The molecule has 162 valence electrons. The minimum absolute atomic E-state index is 0.396. The van der Waals surface area contributed by atoms with Gasteiger partial charge in [-0.05, 0) is 37.0 Å². The molecule has 0 amide bonds. The number of aliphatic imine (C=N–C) groups is 1. The Bertz CT molecular complexity index is 730. The number of rotatable bonds is 10. The van der Waals surface area contributed by atoms with Crippen molar-refractivity contribution in [3.05, 3.63) is 66.0 Å². The van der Waals surface area contributed by atoms with Crippen molar-refractivity contribution in [2.75, 3.05) is 39.8 Å². The van der Waals surface area contributed by atoms with Crippen molar-refractivity contribution in [3.63, 3.8) is 0 Å². The molecule has 6 heteroatoms. The Morgan fingerprint density at radius 3 is 2.57 bits per heavy atom. The first-order valence-electron chi connectivity index (χ1n) is 11.1. The van der Waals surface area contributed by atoms with Gasteiger partial charge in [0.05, 0.1) is 6.10 Å². The molecule has 1 aromatic carbocycles. The second kappa shape index (κ2) is 13.0. The molecule has 1 aliphatic heterocycles. The third kappa shape index (κ3) is 8.13. The number of piperidine rings is 1. The van der Waals surface area contributed by atoms with Crippen molar-refractivity contribution >= 4 is 5.96 Å². The lowest BCUT2D eigenvalue weighted by molar-refractivity contribution is 0.00534. The van der Waals surface area contributed by atoms with Crippen LogP contribution in [-0.2, 0) is 17.7 Å².